The molecule has 0 spiro atoms. The molecule has 1 amide bonds. The molecule has 0 aromatic heterocycles. The lowest BCUT2D eigenvalue weighted by molar-refractivity contribution is -0.118. The number of halogens is 2. The minimum Gasteiger partial charge on any atom is -0.497 e. The molecule has 0 saturated carbocycles. The standard InChI is InChI=1S/C10H11ClFNO2/c1-15-9-3-7(2-8(12)4-9)6-13-10(14)5-11/h2-4H,5-6H2,1H3,(H,13,14). The molecule has 3 nitrogen and oxygen atoms in total. The smallest absolute Gasteiger partial charge is 0.235 e. The van der Waals surface area contributed by atoms with E-state index in [0.717, 1.165) is 0 Å². The molecule has 0 aliphatic heterocycles. The van der Waals surface area contributed by atoms with Gasteiger partial charge in [-0.15, -0.1) is 11.6 Å². The second-order valence-electron chi connectivity index (χ2n) is 2.91. The Kier molecular flexibility index (Phi) is 4.37. The van der Waals surface area contributed by atoms with Crippen molar-refractivity contribution in [2.45, 2.75) is 6.54 Å². The summed E-state index contributed by atoms with van der Waals surface area (Å²) in [6.07, 6.45) is 0. The monoisotopic (exact) mass is 231 g/mol. The Balaban J connectivity index is 2.68. The molecule has 82 valence electrons. The lowest BCUT2D eigenvalue weighted by atomic mass is 10.2. The molecule has 0 saturated heterocycles. The molecule has 0 heterocycles. The van der Waals surface area contributed by atoms with Crippen molar-refractivity contribution in [2.24, 2.45) is 0 Å². The quantitative estimate of drug-likeness (QED) is 0.801. The molecule has 0 radical (unpaired) electrons. The number of alkyl halides is 1. The topological polar surface area (TPSA) is 38.3 Å². The van der Waals surface area contributed by atoms with Gasteiger partial charge in [-0.1, -0.05) is 0 Å². The highest BCUT2D eigenvalue weighted by Gasteiger charge is 2.02. The van der Waals surface area contributed by atoms with Crippen LogP contribution in [0.4, 0.5) is 4.39 Å². The summed E-state index contributed by atoms with van der Waals surface area (Å²) in [5, 5.41) is 2.53. The summed E-state index contributed by atoms with van der Waals surface area (Å²) in [6.45, 7) is 0.236. The molecule has 1 aromatic carbocycles. The molecule has 0 fully saturated rings. The lowest BCUT2D eigenvalue weighted by Gasteiger charge is -2.06. The van der Waals surface area contributed by atoms with Crippen LogP contribution in [0.2, 0.25) is 0 Å². The molecule has 1 aromatic rings. The van der Waals surface area contributed by atoms with Gasteiger partial charge in [0, 0.05) is 12.6 Å². The Labute approximate surface area is 92.2 Å². The Morgan fingerprint density at radius 2 is 2.27 bits per heavy atom. The molecular formula is C10H11ClFNO2. The van der Waals surface area contributed by atoms with Gasteiger partial charge in [-0.05, 0) is 17.7 Å². The van der Waals surface area contributed by atoms with Crippen LogP contribution in [0, 0.1) is 5.82 Å². The average molecular weight is 232 g/mol. The zero-order valence-corrected chi connectivity index (χ0v) is 8.97. The first-order valence-corrected chi connectivity index (χ1v) is 4.85. The highest BCUT2D eigenvalue weighted by Crippen LogP contribution is 2.15. The van der Waals surface area contributed by atoms with Gasteiger partial charge in [0.15, 0.2) is 0 Å². The number of hydrogen-bond donors (Lipinski definition) is 1. The maximum absolute atomic E-state index is 13.0. The van der Waals surface area contributed by atoms with Crippen LogP contribution in [0.15, 0.2) is 18.2 Å². The maximum atomic E-state index is 13.0. The Hall–Kier alpha value is -1.29. The number of amides is 1. The van der Waals surface area contributed by atoms with E-state index < -0.39 is 5.82 Å². The van der Waals surface area contributed by atoms with Crippen molar-refractivity contribution in [1.82, 2.24) is 5.32 Å². The lowest BCUT2D eigenvalue weighted by Crippen LogP contribution is -2.23. The van der Waals surface area contributed by atoms with Crippen LogP contribution in [0.25, 0.3) is 0 Å². The summed E-state index contributed by atoms with van der Waals surface area (Å²) < 4.78 is 17.9. The molecule has 1 rings (SSSR count). The van der Waals surface area contributed by atoms with Crippen LogP contribution >= 0.6 is 11.6 Å². The van der Waals surface area contributed by atoms with Crippen molar-refractivity contribution >= 4 is 17.5 Å². The van der Waals surface area contributed by atoms with Crippen LogP contribution in [0.3, 0.4) is 0 Å². The fourth-order valence-electron chi connectivity index (χ4n) is 1.09. The SMILES string of the molecule is COc1cc(F)cc(CNC(=O)CCl)c1. The maximum Gasteiger partial charge on any atom is 0.235 e. The summed E-state index contributed by atoms with van der Waals surface area (Å²) in [5.74, 6) is -0.374. The largest absolute Gasteiger partial charge is 0.497 e. The summed E-state index contributed by atoms with van der Waals surface area (Å²) in [5.41, 5.74) is 0.630. The number of carbonyl (C=O) groups excluding carboxylic acids is 1. The Bertz CT molecular complexity index is 357. The predicted molar refractivity (Wildman–Crippen MR) is 55.5 cm³/mol. The molecule has 0 aliphatic carbocycles. The van der Waals surface area contributed by atoms with E-state index in [2.05, 4.69) is 5.32 Å². The van der Waals surface area contributed by atoms with Crippen molar-refractivity contribution in [1.29, 1.82) is 0 Å². The number of benzene rings is 1. The number of nitrogens with one attached hydrogen (secondary N) is 1. The van der Waals surface area contributed by atoms with Gasteiger partial charge >= 0.3 is 0 Å². The molecule has 15 heavy (non-hydrogen) atoms. The van der Waals surface area contributed by atoms with Gasteiger partial charge in [-0.2, -0.15) is 0 Å². The Morgan fingerprint density at radius 3 is 2.87 bits per heavy atom. The summed E-state index contributed by atoms with van der Waals surface area (Å²) in [4.78, 5) is 10.9. The molecule has 0 aliphatic rings. The van der Waals surface area contributed by atoms with Gasteiger partial charge in [0.05, 0.1) is 7.11 Å². The normalized spacial score (nSPS) is 9.80. The van der Waals surface area contributed by atoms with Crippen LogP contribution in [0.5, 0.6) is 5.75 Å². The zero-order valence-electron chi connectivity index (χ0n) is 8.22. The van der Waals surface area contributed by atoms with Crippen molar-refractivity contribution < 1.29 is 13.9 Å². The fraction of sp³-hybridized carbons (Fsp3) is 0.300. The van der Waals surface area contributed by atoms with Gasteiger partial charge < -0.3 is 10.1 Å². The first-order valence-electron chi connectivity index (χ1n) is 4.32. The average Bonchev–Trinajstić information content (AvgIpc) is 2.25. The third-order valence-electron chi connectivity index (χ3n) is 1.78. The summed E-state index contributed by atoms with van der Waals surface area (Å²) in [6, 6.07) is 4.25. The summed E-state index contributed by atoms with van der Waals surface area (Å²) in [7, 11) is 1.45. The van der Waals surface area contributed by atoms with E-state index >= 15 is 0 Å². The van der Waals surface area contributed by atoms with Crippen LogP contribution < -0.4 is 10.1 Å². The molecule has 0 atom stereocenters. The minimum absolute atomic E-state index is 0.105. The molecule has 0 bridgehead atoms. The van der Waals surface area contributed by atoms with Gasteiger partial charge in [-0.3, -0.25) is 4.79 Å². The molecular weight excluding hydrogens is 221 g/mol. The third-order valence-corrected chi connectivity index (χ3v) is 2.02. The molecule has 0 unspecified atom stereocenters. The number of rotatable bonds is 4. The van der Waals surface area contributed by atoms with Gasteiger partial charge in [0.2, 0.25) is 5.91 Å². The van der Waals surface area contributed by atoms with Gasteiger partial charge in [0.25, 0.3) is 0 Å². The second-order valence-corrected chi connectivity index (χ2v) is 3.18. The third kappa shape index (κ3) is 3.75. The van der Waals surface area contributed by atoms with Crippen LogP contribution in [0.1, 0.15) is 5.56 Å². The number of hydrogen-bond acceptors (Lipinski definition) is 2. The van der Waals surface area contributed by atoms with Crippen LogP contribution in [-0.4, -0.2) is 18.9 Å². The highest BCUT2D eigenvalue weighted by molar-refractivity contribution is 6.27. The van der Waals surface area contributed by atoms with Crippen molar-refractivity contribution in [3.8, 4) is 5.75 Å². The Morgan fingerprint density at radius 1 is 1.53 bits per heavy atom. The summed E-state index contributed by atoms with van der Waals surface area (Å²) >= 11 is 5.30. The van der Waals surface area contributed by atoms with Crippen molar-refractivity contribution in [2.75, 3.05) is 13.0 Å². The van der Waals surface area contributed by atoms with E-state index in [1.165, 1.54) is 19.2 Å². The van der Waals surface area contributed by atoms with Gasteiger partial charge in [-0.25, -0.2) is 4.39 Å². The zero-order chi connectivity index (χ0) is 11.3. The number of carbonyl (C=O) groups is 1. The van der Waals surface area contributed by atoms with Gasteiger partial charge in [0.1, 0.15) is 17.4 Å². The molecule has 5 heteroatoms. The van der Waals surface area contributed by atoms with Crippen molar-refractivity contribution in [3.05, 3.63) is 29.6 Å². The number of ether oxygens (including phenoxy) is 1. The molecule has 1 N–H and O–H groups in total. The van der Waals surface area contributed by atoms with E-state index in [-0.39, 0.29) is 18.3 Å². The van der Waals surface area contributed by atoms with E-state index in [1.807, 2.05) is 0 Å². The van der Waals surface area contributed by atoms with E-state index in [4.69, 9.17) is 16.3 Å². The van der Waals surface area contributed by atoms with Crippen LogP contribution in [-0.2, 0) is 11.3 Å². The first-order chi connectivity index (χ1) is 7.15. The first kappa shape index (κ1) is 11.8. The van der Waals surface area contributed by atoms with E-state index in [9.17, 15) is 9.18 Å². The highest BCUT2D eigenvalue weighted by atomic mass is 35.5. The van der Waals surface area contributed by atoms with Crippen molar-refractivity contribution in [3.63, 3.8) is 0 Å². The van der Waals surface area contributed by atoms with E-state index in [1.54, 1.807) is 6.07 Å². The van der Waals surface area contributed by atoms with E-state index in [0.29, 0.717) is 11.3 Å². The predicted octanol–water partition coefficient (Wildman–Crippen LogP) is 1.69. The minimum atomic E-state index is -0.399. The fourth-order valence-corrected chi connectivity index (χ4v) is 1.18. The second kappa shape index (κ2) is 5.56. The number of methoxy groups -OCH3 is 1.